The van der Waals surface area contributed by atoms with E-state index in [1.807, 2.05) is 24.3 Å². The predicted octanol–water partition coefficient (Wildman–Crippen LogP) is 3.11. The molecule has 1 saturated heterocycles. The molecule has 0 aliphatic carbocycles. The molecule has 1 N–H and O–H groups in total. The van der Waals surface area contributed by atoms with Crippen molar-refractivity contribution >= 4 is 17.3 Å². The molecule has 3 aliphatic rings. The molecule has 0 unspecified atom stereocenters. The minimum atomic E-state index is 0.282. The molecule has 0 spiro atoms. The summed E-state index contributed by atoms with van der Waals surface area (Å²) < 4.78 is 21.9. The molecular formula is C23H27N3O4S. The van der Waals surface area contributed by atoms with E-state index in [1.165, 1.54) is 0 Å². The molecule has 3 aliphatic heterocycles. The fraction of sp³-hybridized carbons (Fsp3) is 0.435. The number of piperidine rings is 1. The Bertz CT molecular complexity index is 962. The predicted molar refractivity (Wildman–Crippen MR) is 121 cm³/mol. The second-order valence-electron chi connectivity index (χ2n) is 8.20. The molecule has 8 heteroatoms. The number of hydrogen-bond donors (Lipinski definition) is 1. The van der Waals surface area contributed by atoms with E-state index in [4.69, 9.17) is 31.2 Å². The summed E-state index contributed by atoms with van der Waals surface area (Å²) in [5.41, 5.74) is 2.27. The Morgan fingerprint density at radius 2 is 1.52 bits per heavy atom. The number of ether oxygens (including phenoxy) is 4. The monoisotopic (exact) mass is 441 g/mol. The fourth-order valence-electron chi connectivity index (χ4n) is 4.24. The van der Waals surface area contributed by atoms with E-state index in [9.17, 15) is 0 Å². The van der Waals surface area contributed by atoms with Gasteiger partial charge in [0.05, 0.1) is 0 Å². The van der Waals surface area contributed by atoms with Crippen LogP contribution in [-0.2, 0) is 13.1 Å². The number of nitrogens with one attached hydrogen (secondary N) is 1. The van der Waals surface area contributed by atoms with E-state index in [0.717, 1.165) is 71.7 Å². The molecule has 0 radical (unpaired) electrons. The van der Waals surface area contributed by atoms with Gasteiger partial charge in [0.25, 0.3) is 0 Å². The van der Waals surface area contributed by atoms with Gasteiger partial charge in [-0.05, 0) is 80.6 Å². The zero-order chi connectivity index (χ0) is 21.2. The van der Waals surface area contributed by atoms with Gasteiger partial charge in [0.1, 0.15) is 0 Å². The van der Waals surface area contributed by atoms with Crippen LogP contribution in [0.3, 0.4) is 0 Å². The van der Waals surface area contributed by atoms with Crippen LogP contribution in [0, 0.1) is 0 Å². The maximum atomic E-state index is 5.87. The van der Waals surface area contributed by atoms with Gasteiger partial charge in [-0.1, -0.05) is 12.1 Å². The minimum absolute atomic E-state index is 0.282. The van der Waals surface area contributed by atoms with E-state index < -0.39 is 0 Å². The Hall–Kier alpha value is -2.71. The normalized spacial score (nSPS) is 17.6. The van der Waals surface area contributed by atoms with Crippen molar-refractivity contribution in [1.29, 1.82) is 0 Å². The van der Waals surface area contributed by atoms with Crippen molar-refractivity contribution in [2.75, 3.05) is 33.7 Å². The van der Waals surface area contributed by atoms with E-state index in [-0.39, 0.29) is 13.6 Å². The molecule has 5 rings (SSSR count). The first-order valence-corrected chi connectivity index (χ1v) is 11.1. The van der Waals surface area contributed by atoms with Gasteiger partial charge >= 0.3 is 0 Å². The molecule has 0 amide bonds. The summed E-state index contributed by atoms with van der Waals surface area (Å²) in [6.45, 7) is 4.09. The van der Waals surface area contributed by atoms with Gasteiger partial charge in [0.2, 0.25) is 13.6 Å². The van der Waals surface area contributed by atoms with E-state index in [1.54, 1.807) is 0 Å². The van der Waals surface area contributed by atoms with Crippen LogP contribution in [0.5, 0.6) is 23.0 Å². The van der Waals surface area contributed by atoms with Crippen LogP contribution in [0.4, 0.5) is 0 Å². The number of benzene rings is 2. The maximum Gasteiger partial charge on any atom is 0.231 e. The van der Waals surface area contributed by atoms with Crippen LogP contribution in [0.1, 0.15) is 24.0 Å². The number of fused-ring (bicyclic) bond motifs is 2. The summed E-state index contributed by atoms with van der Waals surface area (Å²) in [6, 6.07) is 12.5. The minimum Gasteiger partial charge on any atom is -0.454 e. The van der Waals surface area contributed by atoms with Crippen molar-refractivity contribution in [3.63, 3.8) is 0 Å². The highest BCUT2D eigenvalue weighted by molar-refractivity contribution is 7.80. The number of thiocarbonyl (C=S) groups is 1. The van der Waals surface area contributed by atoms with Gasteiger partial charge in [-0.3, -0.25) is 0 Å². The molecule has 3 heterocycles. The maximum absolute atomic E-state index is 5.87. The van der Waals surface area contributed by atoms with Crippen LogP contribution in [0.2, 0.25) is 0 Å². The summed E-state index contributed by atoms with van der Waals surface area (Å²) in [7, 11) is 2.18. The highest BCUT2D eigenvalue weighted by atomic mass is 32.1. The number of rotatable bonds is 5. The largest absolute Gasteiger partial charge is 0.454 e. The molecule has 0 saturated carbocycles. The summed E-state index contributed by atoms with van der Waals surface area (Å²) in [4.78, 5) is 4.70. The van der Waals surface area contributed by atoms with Gasteiger partial charge < -0.3 is 34.1 Å². The van der Waals surface area contributed by atoms with Gasteiger partial charge in [-0.2, -0.15) is 0 Å². The van der Waals surface area contributed by atoms with Crippen molar-refractivity contribution < 1.29 is 18.9 Å². The molecule has 7 nitrogen and oxygen atoms in total. The van der Waals surface area contributed by atoms with Crippen molar-refractivity contribution in [2.45, 2.75) is 32.0 Å². The second kappa shape index (κ2) is 8.80. The summed E-state index contributed by atoms with van der Waals surface area (Å²) in [5, 5.41) is 4.23. The Balaban J connectivity index is 1.29. The average Bonchev–Trinajstić information content (AvgIpc) is 3.45. The molecule has 2 aromatic rings. The first-order chi connectivity index (χ1) is 15.2. The number of nitrogens with zero attached hydrogens (tertiary/aromatic N) is 2. The number of hydrogen-bond acceptors (Lipinski definition) is 6. The molecule has 0 atom stereocenters. The summed E-state index contributed by atoms with van der Waals surface area (Å²) in [6.07, 6.45) is 2.18. The molecule has 164 valence electrons. The highest BCUT2D eigenvalue weighted by Gasteiger charge is 2.26. The van der Waals surface area contributed by atoms with Crippen LogP contribution in [-0.4, -0.2) is 54.7 Å². The lowest BCUT2D eigenvalue weighted by Gasteiger charge is -2.39. The van der Waals surface area contributed by atoms with Crippen LogP contribution < -0.4 is 24.3 Å². The van der Waals surface area contributed by atoms with E-state index in [2.05, 4.69) is 34.3 Å². The Labute approximate surface area is 187 Å². The van der Waals surface area contributed by atoms with Crippen LogP contribution >= 0.6 is 12.2 Å². The summed E-state index contributed by atoms with van der Waals surface area (Å²) >= 11 is 5.87. The molecule has 0 aromatic heterocycles. The lowest BCUT2D eigenvalue weighted by Crippen LogP contribution is -2.49. The van der Waals surface area contributed by atoms with Gasteiger partial charge in [0.15, 0.2) is 28.1 Å². The molecule has 2 aromatic carbocycles. The van der Waals surface area contributed by atoms with Crippen molar-refractivity contribution in [2.24, 2.45) is 0 Å². The zero-order valence-electron chi connectivity index (χ0n) is 17.6. The quantitative estimate of drug-likeness (QED) is 0.711. The zero-order valence-corrected chi connectivity index (χ0v) is 18.5. The highest BCUT2D eigenvalue weighted by Crippen LogP contribution is 2.34. The third-order valence-corrected chi connectivity index (χ3v) is 6.44. The smallest absolute Gasteiger partial charge is 0.231 e. The Kier molecular flexibility index (Phi) is 5.74. The van der Waals surface area contributed by atoms with Gasteiger partial charge in [-0.15, -0.1) is 0 Å². The van der Waals surface area contributed by atoms with Crippen LogP contribution in [0.25, 0.3) is 0 Å². The van der Waals surface area contributed by atoms with E-state index >= 15 is 0 Å². The molecule has 1 fully saturated rings. The molecular weight excluding hydrogens is 414 g/mol. The van der Waals surface area contributed by atoms with Crippen molar-refractivity contribution in [3.05, 3.63) is 47.5 Å². The van der Waals surface area contributed by atoms with Gasteiger partial charge in [-0.25, -0.2) is 0 Å². The second-order valence-corrected chi connectivity index (χ2v) is 8.58. The standard InChI is InChI=1S/C23H27N3O4S/c1-25-8-6-18(7-9-25)26(13-17-3-5-20-22(11-17)30-15-28-20)23(31)24-12-16-2-4-19-21(10-16)29-14-27-19/h2-5,10-11,18H,6-9,12-15H2,1H3,(H,24,31). The Morgan fingerprint density at radius 1 is 0.935 bits per heavy atom. The third-order valence-electron chi connectivity index (χ3n) is 6.06. The summed E-state index contributed by atoms with van der Waals surface area (Å²) in [5.74, 6) is 3.19. The van der Waals surface area contributed by atoms with Gasteiger partial charge in [0, 0.05) is 19.1 Å². The van der Waals surface area contributed by atoms with Crippen LogP contribution in [0.15, 0.2) is 36.4 Å². The number of likely N-dealkylation sites (tertiary alicyclic amines) is 1. The van der Waals surface area contributed by atoms with E-state index in [0.29, 0.717) is 12.6 Å². The molecule has 31 heavy (non-hydrogen) atoms. The Morgan fingerprint density at radius 3 is 2.19 bits per heavy atom. The first kappa shape index (κ1) is 20.2. The lowest BCUT2D eigenvalue weighted by molar-refractivity contribution is 0.170. The third kappa shape index (κ3) is 4.50. The molecule has 0 bridgehead atoms. The SMILES string of the molecule is CN1CCC(N(Cc2ccc3c(c2)OCO3)C(=S)NCc2ccc3c(c2)OCO3)CC1. The fourth-order valence-corrected chi connectivity index (χ4v) is 4.53. The average molecular weight is 442 g/mol. The first-order valence-electron chi connectivity index (χ1n) is 10.7. The van der Waals surface area contributed by atoms with Crippen molar-refractivity contribution in [1.82, 2.24) is 15.1 Å². The topological polar surface area (TPSA) is 55.4 Å². The van der Waals surface area contributed by atoms with Crippen molar-refractivity contribution in [3.8, 4) is 23.0 Å². The lowest BCUT2D eigenvalue weighted by atomic mass is 10.0.